The highest BCUT2D eigenvalue weighted by Gasteiger charge is 2.25. The van der Waals surface area contributed by atoms with Crippen LogP contribution in [-0.4, -0.2) is 41.5 Å². The van der Waals surface area contributed by atoms with Crippen LogP contribution in [0.2, 0.25) is 20.4 Å². The Labute approximate surface area is 290 Å². The fraction of sp³-hybridized carbons (Fsp3) is 0.241. The summed E-state index contributed by atoms with van der Waals surface area (Å²) in [6, 6.07) is 3.90. The molecular weight excluding hydrogens is 755 g/mol. The van der Waals surface area contributed by atoms with Gasteiger partial charge >= 0.3 is 0 Å². The molecule has 242 valence electrons. The van der Waals surface area contributed by atoms with E-state index in [0.717, 1.165) is 4.47 Å². The zero-order chi connectivity index (χ0) is 33.9. The number of hydrogen-bond donors (Lipinski definition) is 2. The Morgan fingerprint density at radius 1 is 0.913 bits per heavy atom. The van der Waals surface area contributed by atoms with Gasteiger partial charge in [-0.15, -0.1) is 0 Å². The van der Waals surface area contributed by atoms with Gasteiger partial charge in [-0.05, 0) is 47.8 Å². The standard InChI is InChI=1S/C16H15ClF3N5.C13H9BrCl3N3O/c1-7(2)8(3)23-15-13(12-10(19)4-9(18)5-11(12)20)14(17)24-16-21-6-22-25(15)16;1-6(11-9(16)4-7(14)5-19-11)20-13(21)10-8(15)2-3-18-12(10)17/h4-8,23H,1-3H3;2-6H,1H3,(H,20,21)/t8-;/m1./s1. The molecule has 17 heteroatoms. The fourth-order valence-electron chi connectivity index (χ4n) is 4.03. The lowest BCUT2D eigenvalue weighted by Crippen LogP contribution is -2.28. The van der Waals surface area contributed by atoms with Gasteiger partial charge in [0.05, 0.1) is 38.5 Å². The number of anilines is 1. The number of pyridine rings is 2. The molecule has 0 fully saturated rings. The van der Waals surface area contributed by atoms with Crippen molar-refractivity contribution in [3.05, 3.63) is 96.5 Å². The Morgan fingerprint density at radius 3 is 2.20 bits per heavy atom. The average molecular weight is 779 g/mol. The highest BCUT2D eigenvalue weighted by molar-refractivity contribution is 9.10. The topological polar surface area (TPSA) is 110 Å². The summed E-state index contributed by atoms with van der Waals surface area (Å²) >= 11 is 27.4. The number of amides is 1. The van der Waals surface area contributed by atoms with Crippen LogP contribution in [0.3, 0.4) is 0 Å². The Bertz CT molecular complexity index is 1870. The molecule has 46 heavy (non-hydrogen) atoms. The molecule has 0 spiro atoms. The van der Waals surface area contributed by atoms with Crippen molar-refractivity contribution in [2.45, 2.75) is 39.8 Å². The lowest BCUT2D eigenvalue weighted by atomic mass is 10.0. The fourth-order valence-corrected chi connectivity index (χ4v) is 5.61. The third-order valence-corrected chi connectivity index (χ3v) is 8.29. The Balaban J connectivity index is 0.000000212. The van der Waals surface area contributed by atoms with Gasteiger partial charge in [-0.1, -0.05) is 60.3 Å². The number of nitrogens with one attached hydrogen (secondary N) is 2. The van der Waals surface area contributed by atoms with Gasteiger partial charge < -0.3 is 10.6 Å². The minimum absolute atomic E-state index is 0.0397. The minimum atomic E-state index is -1.08. The molecule has 5 aromatic rings. The van der Waals surface area contributed by atoms with Crippen LogP contribution in [0, 0.1) is 23.4 Å². The average Bonchev–Trinajstić information content (AvgIpc) is 3.42. The first-order valence-corrected chi connectivity index (χ1v) is 15.7. The molecule has 0 aliphatic heterocycles. The number of fused-ring (bicyclic) bond motifs is 1. The molecule has 1 unspecified atom stereocenters. The second-order valence-electron chi connectivity index (χ2n) is 10.2. The summed E-state index contributed by atoms with van der Waals surface area (Å²) in [4.78, 5) is 28.3. The SMILES string of the molecule is CC(C)[C@@H](C)Nc1c(-c2c(F)cc(F)cc2F)c(Cl)nc2ncnn12.CC(NC(=O)c1c(Cl)ccnc1Cl)c1ncc(Br)cc1Cl. The van der Waals surface area contributed by atoms with Crippen LogP contribution in [-0.2, 0) is 0 Å². The number of carbonyl (C=O) groups excluding carboxylic acids is 1. The van der Waals surface area contributed by atoms with Crippen LogP contribution in [0.5, 0.6) is 0 Å². The Kier molecular flexibility index (Phi) is 11.7. The minimum Gasteiger partial charge on any atom is -0.367 e. The van der Waals surface area contributed by atoms with Gasteiger partial charge in [0.2, 0.25) is 0 Å². The van der Waals surface area contributed by atoms with Crippen LogP contribution in [0.15, 0.2) is 47.5 Å². The molecule has 0 radical (unpaired) electrons. The monoisotopic (exact) mass is 776 g/mol. The molecule has 0 aliphatic rings. The number of benzene rings is 1. The van der Waals surface area contributed by atoms with Crippen LogP contribution in [0.25, 0.3) is 16.9 Å². The summed E-state index contributed by atoms with van der Waals surface area (Å²) in [6.07, 6.45) is 4.29. The molecule has 0 aliphatic carbocycles. The van der Waals surface area contributed by atoms with Gasteiger partial charge in [0.1, 0.15) is 39.9 Å². The van der Waals surface area contributed by atoms with Crippen LogP contribution in [0.1, 0.15) is 49.8 Å². The van der Waals surface area contributed by atoms with Crippen molar-refractivity contribution in [2.24, 2.45) is 5.92 Å². The number of halogens is 8. The summed E-state index contributed by atoms with van der Waals surface area (Å²) in [5.41, 5.74) is 0.155. The van der Waals surface area contributed by atoms with Crippen molar-refractivity contribution in [2.75, 3.05) is 5.32 Å². The van der Waals surface area contributed by atoms with Gasteiger partial charge in [-0.25, -0.2) is 18.2 Å². The van der Waals surface area contributed by atoms with Crippen molar-refractivity contribution >= 4 is 79.8 Å². The first-order chi connectivity index (χ1) is 21.7. The molecule has 9 nitrogen and oxygen atoms in total. The quantitative estimate of drug-likeness (QED) is 0.125. The lowest BCUT2D eigenvalue weighted by Gasteiger charge is -2.22. The van der Waals surface area contributed by atoms with E-state index in [1.165, 1.54) is 23.1 Å². The van der Waals surface area contributed by atoms with E-state index in [4.69, 9.17) is 46.4 Å². The number of nitrogens with zero attached hydrogens (tertiary/aromatic N) is 6. The van der Waals surface area contributed by atoms with Crippen LogP contribution in [0.4, 0.5) is 19.0 Å². The van der Waals surface area contributed by atoms with Crippen LogP contribution < -0.4 is 10.6 Å². The van der Waals surface area contributed by atoms with E-state index in [1.54, 1.807) is 19.2 Å². The van der Waals surface area contributed by atoms with Crippen molar-refractivity contribution in [1.29, 1.82) is 0 Å². The summed E-state index contributed by atoms with van der Waals surface area (Å²) in [5, 5.41) is 10.5. The third kappa shape index (κ3) is 8.00. The summed E-state index contributed by atoms with van der Waals surface area (Å²) < 4.78 is 44.0. The van der Waals surface area contributed by atoms with E-state index in [-0.39, 0.29) is 50.0 Å². The molecule has 0 saturated heterocycles. The Hall–Kier alpha value is -3.23. The molecule has 1 amide bonds. The van der Waals surface area contributed by atoms with E-state index in [1.807, 2.05) is 20.8 Å². The molecule has 1 aromatic carbocycles. The molecule has 2 atom stereocenters. The Morgan fingerprint density at radius 2 is 1.59 bits per heavy atom. The van der Waals surface area contributed by atoms with E-state index >= 15 is 0 Å². The molecule has 0 saturated carbocycles. The molecule has 2 N–H and O–H groups in total. The number of rotatable bonds is 7. The second kappa shape index (κ2) is 15.1. The predicted molar refractivity (Wildman–Crippen MR) is 176 cm³/mol. The lowest BCUT2D eigenvalue weighted by molar-refractivity contribution is 0.0939. The largest absolute Gasteiger partial charge is 0.367 e. The van der Waals surface area contributed by atoms with Gasteiger partial charge in [0, 0.05) is 35.0 Å². The van der Waals surface area contributed by atoms with Crippen LogP contribution >= 0.6 is 62.3 Å². The van der Waals surface area contributed by atoms with E-state index < -0.39 is 35.0 Å². The smallest absolute Gasteiger partial charge is 0.256 e. The highest BCUT2D eigenvalue weighted by Crippen LogP contribution is 2.38. The zero-order valence-corrected chi connectivity index (χ0v) is 29.0. The second-order valence-corrected chi connectivity index (χ2v) is 12.6. The summed E-state index contributed by atoms with van der Waals surface area (Å²) in [6.45, 7) is 7.64. The maximum absolute atomic E-state index is 14.3. The van der Waals surface area contributed by atoms with Crippen molar-refractivity contribution in [3.63, 3.8) is 0 Å². The first-order valence-electron chi connectivity index (χ1n) is 13.4. The highest BCUT2D eigenvalue weighted by atomic mass is 79.9. The van der Waals surface area contributed by atoms with E-state index in [2.05, 4.69) is 51.6 Å². The molecule has 4 aromatic heterocycles. The van der Waals surface area contributed by atoms with Crippen molar-refractivity contribution in [3.8, 4) is 11.1 Å². The zero-order valence-electron chi connectivity index (χ0n) is 24.4. The number of carbonyl (C=O) groups is 1. The number of hydrogen-bond acceptors (Lipinski definition) is 7. The van der Waals surface area contributed by atoms with E-state index in [9.17, 15) is 18.0 Å². The molecular formula is C29H24BrCl4F3N8O. The van der Waals surface area contributed by atoms with Crippen molar-refractivity contribution in [1.82, 2.24) is 34.9 Å². The van der Waals surface area contributed by atoms with Gasteiger partial charge in [-0.2, -0.15) is 19.6 Å². The normalized spacial score (nSPS) is 12.5. The summed E-state index contributed by atoms with van der Waals surface area (Å²) in [5.74, 6) is -3.00. The maximum atomic E-state index is 14.3. The van der Waals surface area contributed by atoms with Gasteiger partial charge in [0.25, 0.3) is 11.7 Å². The molecule has 4 heterocycles. The predicted octanol–water partition coefficient (Wildman–Crippen LogP) is 9.01. The van der Waals surface area contributed by atoms with Crippen molar-refractivity contribution < 1.29 is 18.0 Å². The molecule has 0 bridgehead atoms. The summed E-state index contributed by atoms with van der Waals surface area (Å²) in [7, 11) is 0. The first kappa shape index (κ1) is 35.6. The van der Waals surface area contributed by atoms with Gasteiger partial charge in [0.15, 0.2) is 0 Å². The maximum Gasteiger partial charge on any atom is 0.256 e. The molecule has 5 rings (SSSR count). The van der Waals surface area contributed by atoms with Gasteiger partial charge in [-0.3, -0.25) is 9.78 Å². The van der Waals surface area contributed by atoms with E-state index in [0.29, 0.717) is 22.8 Å². The third-order valence-electron chi connectivity index (χ3n) is 6.68. The number of aromatic nitrogens is 6.